The molecule has 1 amide bonds. The van der Waals surface area contributed by atoms with E-state index in [1.54, 1.807) is 24.9 Å². The molecule has 1 unspecified atom stereocenters. The quantitative estimate of drug-likeness (QED) is 0.349. The van der Waals surface area contributed by atoms with Crippen LogP contribution in [0.4, 0.5) is 19.1 Å². The van der Waals surface area contributed by atoms with Gasteiger partial charge in [-0.2, -0.15) is 13.2 Å². The smallest absolute Gasteiger partial charge is 0.475 e. The predicted molar refractivity (Wildman–Crippen MR) is 129 cm³/mol. The zero-order chi connectivity index (χ0) is 27.1. The van der Waals surface area contributed by atoms with E-state index >= 15 is 0 Å². The number of anilines is 1. The van der Waals surface area contributed by atoms with Gasteiger partial charge in [0.15, 0.2) is 5.69 Å². The van der Waals surface area contributed by atoms with Crippen LogP contribution in [0, 0.1) is 0 Å². The summed E-state index contributed by atoms with van der Waals surface area (Å²) in [6.07, 6.45) is 8.64. The van der Waals surface area contributed by atoms with E-state index in [9.17, 15) is 18.0 Å². The van der Waals surface area contributed by atoms with Crippen molar-refractivity contribution >= 4 is 23.3 Å². The van der Waals surface area contributed by atoms with E-state index < -0.39 is 12.1 Å². The minimum atomic E-state index is -5.08. The van der Waals surface area contributed by atoms with Crippen molar-refractivity contribution < 1.29 is 27.9 Å². The number of rotatable bonds is 7. The van der Waals surface area contributed by atoms with Crippen LogP contribution in [0.25, 0.3) is 5.52 Å². The van der Waals surface area contributed by atoms with Crippen molar-refractivity contribution in [2.45, 2.75) is 38.0 Å². The van der Waals surface area contributed by atoms with Crippen molar-refractivity contribution in [3.8, 4) is 0 Å². The first-order valence-corrected chi connectivity index (χ1v) is 11.8. The highest BCUT2D eigenvalue weighted by atomic mass is 19.4. The molecule has 11 nitrogen and oxygen atoms in total. The Morgan fingerprint density at radius 1 is 1.11 bits per heavy atom. The monoisotopic (exact) mass is 530 g/mol. The maximum absolute atomic E-state index is 13.0. The fourth-order valence-corrected chi connectivity index (χ4v) is 4.14. The van der Waals surface area contributed by atoms with Crippen molar-refractivity contribution in [2.24, 2.45) is 0 Å². The van der Waals surface area contributed by atoms with Gasteiger partial charge in [-0.15, -0.1) is 0 Å². The van der Waals surface area contributed by atoms with E-state index in [-0.39, 0.29) is 11.9 Å². The molecule has 4 aromatic heterocycles. The summed E-state index contributed by atoms with van der Waals surface area (Å²) in [7, 11) is 0. The van der Waals surface area contributed by atoms with Crippen LogP contribution in [-0.2, 0) is 11.3 Å². The highest BCUT2D eigenvalue weighted by Crippen LogP contribution is 2.34. The van der Waals surface area contributed by atoms with Crippen LogP contribution >= 0.6 is 0 Å². The SMILES string of the molecule is O=C(NCCCn1ccnc1)c1nc(C2CCCN2c2ncccn2)n2ccccc12.O=C(O)C(F)(F)F. The number of halogens is 3. The first kappa shape index (κ1) is 26.6. The van der Waals surface area contributed by atoms with Crippen molar-refractivity contribution in [3.63, 3.8) is 0 Å². The first-order valence-electron chi connectivity index (χ1n) is 11.8. The molecular weight excluding hydrogens is 505 g/mol. The Balaban J connectivity index is 0.000000426. The lowest BCUT2D eigenvalue weighted by atomic mass is 10.2. The van der Waals surface area contributed by atoms with E-state index in [2.05, 4.69) is 25.2 Å². The number of carboxylic acids is 1. The van der Waals surface area contributed by atoms with Gasteiger partial charge >= 0.3 is 12.1 Å². The zero-order valence-corrected chi connectivity index (χ0v) is 20.1. The van der Waals surface area contributed by atoms with Gasteiger partial charge in [-0.1, -0.05) is 6.07 Å². The molecular formula is C24H25F3N8O3. The molecule has 1 saturated heterocycles. The summed E-state index contributed by atoms with van der Waals surface area (Å²) < 4.78 is 35.8. The second-order valence-electron chi connectivity index (χ2n) is 8.39. The number of hydrogen-bond donors (Lipinski definition) is 2. The zero-order valence-electron chi connectivity index (χ0n) is 20.1. The summed E-state index contributed by atoms with van der Waals surface area (Å²) in [4.78, 5) is 41.7. The number of nitrogens with zero attached hydrogens (tertiary/aromatic N) is 7. The number of carboxylic acid groups (broad SMARTS) is 1. The van der Waals surface area contributed by atoms with Crippen LogP contribution < -0.4 is 10.2 Å². The lowest BCUT2D eigenvalue weighted by Gasteiger charge is -2.23. The van der Waals surface area contributed by atoms with E-state index in [1.165, 1.54) is 0 Å². The predicted octanol–water partition coefficient (Wildman–Crippen LogP) is 3.12. The number of fused-ring (bicyclic) bond motifs is 1. The van der Waals surface area contributed by atoms with Crippen LogP contribution in [-0.4, -0.2) is 65.2 Å². The standard InChI is InChI=1S/C22H24N8O.C2HF3O2/c31-21(24-10-5-12-28-15-11-23-16-28)19-17-6-1-2-13-29(17)20(27-19)18-7-3-14-30(18)22-25-8-4-9-26-22;3-2(4,5)1(6)7/h1-2,4,6,8-9,11,13,15-16,18H,3,5,7,10,12,14H2,(H,24,31);(H,6,7). The lowest BCUT2D eigenvalue weighted by molar-refractivity contribution is -0.192. The Bertz CT molecular complexity index is 1360. The van der Waals surface area contributed by atoms with Gasteiger partial charge in [-0.05, 0) is 37.5 Å². The fraction of sp³-hybridized carbons (Fsp3) is 0.333. The van der Waals surface area contributed by atoms with Gasteiger partial charge in [0.05, 0.1) is 17.9 Å². The van der Waals surface area contributed by atoms with Gasteiger partial charge in [-0.25, -0.2) is 24.7 Å². The van der Waals surface area contributed by atoms with Crippen LogP contribution in [0.15, 0.2) is 61.6 Å². The highest BCUT2D eigenvalue weighted by molar-refractivity contribution is 5.99. The Morgan fingerprint density at radius 3 is 2.55 bits per heavy atom. The molecule has 1 fully saturated rings. The number of carbonyl (C=O) groups excluding carboxylic acids is 1. The first-order chi connectivity index (χ1) is 18.3. The fourth-order valence-electron chi connectivity index (χ4n) is 4.14. The number of hydrogen-bond acceptors (Lipinski definition) is 7. The molecule has 0 spiro atoms. The van der Waals surface area contributed by atoms with Gasteiger partial charge in [0.25, 0.3) is 5.91 Å². The molecule has 14 heteroatoms. The van der Waals surface area contributed by atoms with E-state index in [1.807, 2.05) is 45.6 Å². The summed E-state index contributed by atoms with van der Waals surface area (Å²) >= 11 is 0. The molecule has 0 radical (unpaired) electrons. The molecule has 5 rings (SSSR count). The lowest BCUT2D eigenvalue weighted by Crippen LogP contribution is -2.27. The molecule has 5 heterocycles. The molecule has 38 heavy (non-hydrogen) atoms. The maximum atomic E-state index is 13.0. The average Bonchev–Trinajstić information content (AvgIpc) is 3.67. The molecule has 2 N–H and O–H groups in total. The van der Waals surface area contributed by atoms with Crippen LogP contribution in [0.2, 0.25) is 0 Å². The second kappa shape index (κ2) is 11.7. The number of aliphatic carboxylic acids is 1. The molecule has 0 aromatic carbocycles. The normalized spacial score (nSPS) is 15.2. The van der Waals surface area contributed by atoms with E-state index in [4.69, 9.17) is 14.9 Å². The van der Waals surface area contributed by atoms with Gasteiger partial charge in [0, 0.05) is 50.6 Å². The topological polar surface area (TPSA) is 131 Å². The van der Waals surface area contributed by atoms with Gasteiger partial charge in [0.2, 0.25) is 5.95 Å². The molecule has 1 aliphatic rings. The number of nitrogens with one attached hydrogen (secondary N) is 1. The molecule has 4 aromatic rings. The minimum Gasteiger partial charge on any atom is -0.475 e. The Morgan fingerprint density at radius 2 is 1.87 bits per heavy atom. The minimum absolute atomic E-state index is 0.0279. The van der Waals surface area contributed by atoms with Crippen molar-refractivity contribution in [2.75, 3.05) is 18.0 Å². The Labute approximate surface area is 215 Å². The van der Waals surface area contributed by atoms with Crippen molar-refractivity contribution in [1.29, 1.82) is 0 Å². The molecule has 1 aliphatic heterocycles. The number of carbonyl (C=O) groups is 2. The Kier molecular flexibility index (Phi) is 8.19. The summed E-state index contributed by atoms with van der Waals surface area (Å²) in [6.45, 7) is 2.25. The third kappa shape index (κ3) is 6.25. The molecule has 0 bridgehead atoms. The van der Waals surface area contributed by atoms with Crippen LogP contribution in [0.1, 0.15) is 41.6 Å². The second-order valence-corrected chi connectivity index (χ2v) is 8.39. The maximum Gasteiger partial charge on any atom is 0.490 e. The number of amides is 1. The number of aryl methyl sites for hydroxylation is 1. The molecule has 200 valence electrons. The van der Waals surface area contributed by atoms with Crippen molar-refractivity contribution in [1.82, 2.24) is 34.2 Å². The van der Waals surface area contributed by atoms with Gasteiger partial charge in [0.1, 0.15) is 5.82 Å². The van der Waals surface area contributed by atoms with Crippen LogP contribution in [0.3, 0.4) is 0 Å². The van der Waals surface area contributed by atoms with E-state index in [0.717, 1.165) is 43.7 Å². The Hall–Kier alpha value is -4.49. The third-order valence-electron chi connectivity index (χ3n) is 5.83. The third-order valence-corrected chi connectivity index (χ3v) is 5.83. The number of pyridine rings is 1. The largest absolute Gasteiger partial charge is 0.490 e. The van der Waals surface area contributed by atoms with Gasteiger partial charge < -0.3 is 24.3 Å². The average molecular weight is 531 g/mol. The highest BCUT2D eigenvalue weighted by Gasteiger charge is 2.38. The summed E-state index contributed by atoms with van der Waals surface area (Å²) in [5, 5.41) is 10.1. The molecule has 0 aliphatic carbocycles. The van der Waals surface area contributed by atoms with Crippen molar-refractivity contribution in [3.05, 3.63) is 73.1 Å². The molecule has 1 atom stereocenters. The van der Waals surface area contributed by atoms with E-state index in [0.29, 0.717) is 18.2 Å². The number of imidazole rings is 2. The van der Waals surface area contributed by atoms with Gasteiger partial charge in [-0.3, -0.25) is 4.79 Å². The molecule has 0 saturated carbocycles. The number of aromatic nitrogens is 6. The summed E-state index contributed by atoms with van der Waals surface area (Å²) in [5.74, 6) is -1.36. The number of alkyl halides is 3. The summed E-state index contributed by atoms with van der Waals surface area (Å²) in [5.41, 5.74) is 1.27. The van der Waals surface area contributed by atoms with Crippen LogP contribution in [0.5, 0.6) is 0 Å². The summed E-state index contributed by atoms with van der Waals surface area (Å²) in [6, 6.07) is 7.68.